The van der Waals surface area contributed by atoms with Crippen LogP contribution in [0.1, 0.15) is 32.1 Å². The van der Waals surface area contributed by atoms with Crippen molar-refractivity contribution in [1.82, 2.24) is 0 Å². The van der Waals surface area contributed by atoms with Crippen LogP contribution in [0.5, 0.6) is 0 Å². The monoisotopic (exact) mass is 128 g/mol. The van der Waals surface area contributed by atoms with Gasteiger partial charge in [0.1, 0.15) is 6.10 Å². The zero-order chi connectivity index (χ0) is 6.69. The van der Waals surface area contributed by atoms with Crippen molar-refractivity contribution in [2.45, 2.75) is 38.2 Å². The van der Waals surface area contributed by atoms with Gasteiger partial charge in [-0.15, -0.1) is 0 Å². The number of hydrogen-bond donors (Lipinski definition) is 1. The summed E-state index contributed by atoms with van der Waals surface area (Å²) >= 11 is 0. The molecule has 1 fully saturated rings. The molecule has 1 aliphatic carbocycles. The van der Waals surface area contributed by atoms with Crippen LogP contribution in [-0.2, 0) is 4.79 Å². The topological polar surface area (TPSA) is 37.3 Å². The van der Waals surface area contributed by atoms with Gasteiger partial charge in [-0.25, -0.2) is 0 Å². The lowest BCUT2D eigenvalue weighted by atomic mass is 10.1. The second kappa shape index (κ2) is 2.97. The number of aliphatic hydroxyl groups is 1. The maximum absolute atomic E-state index is 10.8. The van der Waals surface area contributed by atoms with E-state index in [0.717, 1.165) is 19.3 Å². The van der Waals surface area contributed by atoms with E-state index in [1.54, 1.807) is 0 Å². The molecule has 0 unspecified atom stereocenters. The molecule has 0 aromatic rings. The van der Waals surface area contributed by atoms with Crippen molar-refractivity contribution in [3.05, 3.63) is 0 Å². The average molecular weight is 128 g/mol. The van der Waals surface area contributed by atoms with Gasteiger partial charge in [0, 0.05) is 6.42 Å². The fourth-order valence-corrected chi connectivity index (χ4v) is 1.14. The normalized spacial score (nSPS) is 29.9. The van der Waals surface area contributed by atoms with E-state index >= 15 is 0 Å². The number of aliphatic hydroxyl groups excluding tert-OH is 1. The van der Waals surface area contributed by atoms with Gasteiger partial charge in [-0.3, -0.25) is 4.79 Å². The highest BCUT2D eigenvalue weighted by atomic mass is 16.3. The van der Waals surface area contributed by atoms with Crippen molar-refractivity contribution in [3.63, 3.8) is 0 Å². The maximum Gasteiger partial charge on any atom is 0.161 e. The number of hydrogen-bond acceptors (Lipinski definition) is 2. The highest BCUT2D eigenvalue weighted by molar-refractivity contribution is 5.82. The van der Waals surface area contributed by atoms with Gasteiger partial charge in [-0.05, 0) is 12.8 Å². The summed E-state index contributed by atoms with van der Waals surface area (Å²) in [7, 11) is 0. The van der Waals surface area contributed by atoms with E-state index in [1.807, 2.05) is 0 Å². The van der Waals surface area contributed by atoms with Crippen LogP contribution in [0.15, 0.2) is 0 Å². The number of carbonyl (C=O) groups is 1. The van der Waals surface area contributed by atoms with Crippen LogP contribution in [0.4, 0.5) is 0 Å². The number of Topliss-reactive ketones (excluding diaryl/α,β-unsaturated/α-hetero) is 1. The molecule has 0 aliphatic heterocycles. The minimum atomic E-state index is -0.646. The van der Waals surface area contributed by atoms with Crippen molar-refractivity contribution in [3.8, 4) is 0 Å². The molecular formula is C7H12O2. The molecule has 0 spiro atoms. The van der Waals surface area contributed by atoms with Crippen LogP contribution in [0.25, 0.3) is 0 Å². The smallest absolute Gasteiger partial charge is 0.161 e. The minimum Gasteiger partial charge on any atom is -0.385 e. The summed E-state index contributed by atoms with van der Waals surface area (Å²) in [5.41, 5.74) is 0. The van der Waals surface area contributed by atoms with E-state index in [0.29, 0.717) is 12.8 Å². The molecule has 2 heteroatoms. The second-order valence-electron chi connectivity index (χ2n) is 2.58. The van der Waals surface area contributed by atoms with Crippen molar-refractivity contribution in [2.75, 3.05) is 0 Å². The van der Waals surface area contributed by atoms with Gasteiger partial charge in [0.15, 0.2) is 5.78 Å². The molecule has 9 heavy (non-hydrogen) atoms. The van der Waals surface area contributed by atoms with E-state index in [1.165, 1.54) is 0 Å². The first-order valence-corrected chi connectivity index (χ1v) is 3.51. The molecule has 1 N–H and O–H groups in total. The molecule has 1 saturated carbocycles. The summed E-state index contributed by atoms with van der Waals surface area (Å²) in [6.07, 6.45) is 3.69. The SMILES string of the molecule is O=C1CCCCC[C@H]1O. The third-order valence-corrected chi connectivity index (χ3v) is 1.77. The van der Waals surface area contributed by atoms with Gasteiger partial charge in [-0.2, -0.15) is 0 Å². The predicted molar refractivity (Wildman–Crippen MR) is 34.1 cm³/mol. The number of carbonyl (C=O) groups excluding carboxylic acids is 1. The first-order valence-electron chi connectivity index (χ1n) is 3.51. The Hall–Kier alpha value is -0.370. The third kappa shape index (κ3) is 1.79. The maximum atomic E-state index is 10.8. The van der Waals surface area contributed by atoms with Crippen LogP contribution < -0.4 is 0 Å². The molecule has 52 valence electrons. The predicted octanol–water partition coefficient (Wildman–Crippen LogP) is 0.880. The van der Waals surface area contributed by atoms with E-state index in [2.05, 4.69) is 0 Å². The van der Waals surface area contributed by atoms with E-state index in [4.69, 9.17) is 5.11 Å². The Balaban J connectivity index is 2.41. The van der Waals surface area contributed by atoms with Crippen LogP contribution in [-0.4, -0.2) is 17.0 Å². The van der Waals surface area contributed by atoms with Gasteiger partial charge in [0.2, 0.25) is 0 Å². The largest absolute Gasteiger partial charge is 0.385 e. The molecule has 2 nitrogen and oxygen atoms in total. The Morgan fingerprint density at radius 1 is 1.33 bits per heavy atom. The van der Waals surface area contributed by atoms with Crippen LogP contribution >= 0.6 is 0 Å². The second-order valence-corrected chi connectivity index (χ2v) is 2.58. The lowest BCUT2D eigenvalue weighted by molar-refractivity contribution is -0.126. The van der Waals surface area contributed by atoms with Gasteiger partial charge in [-0.1, -0.05) is 12.8 Å². The lowest BCUT2D eigenvalue weighted by Crippen LogP contribution is -2.17. The van der Waals surface area contributed by atoms with Gasteiger partial charge in [0.25, 0.3) is 0 Å². The van der Waals surface area contributed by atoms with Crippen molar-refractivity contribution in [1.29, 1.82) is 0 Å². The summed E-state index contributed by atoms with van der Waals surface area (Å²) in [6.45, 7) is 0. The van der Waals surface area contributed by atoms with Crippen LogP contribution in [0, 0.1) is 0 Å². The Morgan fingerprint density at radius 2 is 2.11 bits per heavy atom. The van der Waals surface area contributed by atoms with Crippen LogP contribution in [0.3, 0.4) is 0 Å². The fraction of sp³-hybridized carbons (Fsp3) is 0.857. The van der Waals surface area contributed by atoms with E-state index in [-0.39, 0.29) is 5.78 Å². The number of ketones is 1. The van der Waals surface area contributed by atoms with Gasteiger partial charge in [0.05, 0.1) is 0 Å². The Labute approximate surface area is 54.9 Å². The molecule has 0 heterocycles. The first-order chi connectivity index (χ1) is 4.30. The van der Waals surface area contributed by atoms with Crippen molar-refractivity contribution < 1.29 is 9.90 Å². The molecule has 1 aliphatic rings. The van der Waals surface area contributed by atoms with Crippen molar-refractivity contribution >= 4 is 5.78 Å². The molecule has 1 rings (SSSR count). The van der Waals surface area contributed by atoms with E-state index < -0.39 is 6.10 Å². The van der Waals surface area contributed by atoms with E-state index in [9.17, 15) is 4.79 Å². The number of rotatable bonds is 0. The zero-order valence-electron chi connectivity index (χ0n) is 5.47. The minimum absolute atomic E-state index is 0.0347. The Bertz CT molecular complexity index is 109. The fourth-order valence-electron chi connectivity index (χ4n) is 1.14. The van der Waals surface area contributed by atoms with Crippen molar-refractivity contribution in [2.24, 2.45) is 0 Å². The Kier molecular flexibility index (Phi) is 2.22. The quantitative estimate of drug-likeness (QED) is 0.492. The summed E-state index contributed by atoms with van der Waals surface area (Å²) in [5, 5.41) is 9.01. The standard InChI is InChI=1S/C7H12O2/c8-6-4-2-1-3-5-7(6)9/h6,8H,1-5H2/t6-/m1/s1. The first kappa shape index (κ1) is 6.75. The highest BCUT2D eigenvalue weighted by Crippen LogP contribution is 2.13. The molecule has 1 atom stereocenters. The van der Waals surface area contributed by atoms with Gasteiger partial charge < -0.3 is 5.11 Å². The molecule has 0 aromatic carbocycles. The Morgan fingerprint density at radius 3 is 2.89 bits per heavy atom. The molecule has 0 amide bonds. The summed E-state index contributed by atoms with van der Waals surface area (Å²) < 4.78 is 0. The molecular weight excluding hydrogens is 116 g/mol. The molecule has 0 aromatic heterocycles. The summed E-state index contributed by atoms with van der Waals surface area (Å²) in [6, 6.07) is 0. The highest BCUT2D eigenvalue weighted by Gasteiger charge is 2.16. The summed E-state index contributed by atoms with van der Waals surface area (Å²) in [5.74, 6) is 0.0347. The summed E-state index contributed by atoms with van der Waals surface area (Å²) in [4.78, 5) is 10.8. The molecule has 0 bridgehead atoms. The molecule has 0 saturated heterocycles. The molecule has 0 radical (unpaired) electrons. The van der Waals surface area contributed by atoms with Crippen LogP contribution in [0.2, 0.25) is 0 Å². The third-order valence-electron chi connectivity index (χ3n) is 1.77. The average Bonchev–Trinajstić information content (AvgIpc) is 1.99. The lowest BCUT2D eigenvalue weighted by Gasteiger charge is -2.01. The van der Waals surface area contributed by atoms with Gasteiger partial charge >= 0.3 is 0 Å². The zero-order valence-corrected chi connectivity index (χ0v) is 5.47.